The molecule has 0 spiro atoms. The van der Waals surface area contributed by atoms with Gasteiger partial charge in [-0.25, -0.2) is 0 Å². The minimum Gasteiger partial charge on any atom is -0.493 e. The lowest BCUT2D eigenvalue weighted by atomic mass is 10.2. The van der Waals surface area contributed by atoms with E-state index in [2.05, 4.69) is 5.32 Å². The summed E-state index contributed by atoms with van der Waals surface area (Å²) in [6, 6.07) is 12.6. The minimum absolute atomic E-state index is 0.227. The summed E-state index contributed by atoms with van der Waals surface area (Å²) in [5, 5.41) is 2.81. The Hall–Kier alpha value is -2.99. The summed E-state index contributed by atoms with van der Waals surface area (Å²) in [4.78, 5) is 12.1. The maximum Gasteiger partial charge on any atom is 0.248 e. The molecule has 1 N–H and O–H groups in total. The Labute approximate surface area is 159 Å². The molecule has 0 saturated carbocycles. The first-order valence-electron chi connectivity index (χ1n) is 8.68. The monoisotopic (exact) mass is 371 g/mol. The number of anilines is 1. The van der Waals surface area contributed by atoms with Gasteiger partial charge in [-0.2, -0.15) is 0 Å². The van der Waals surface area contributed by atoms with Crippen LogP contribution in [0.4, 0.5) is 5.69 Å². The van der Waals surface area contributed by atoms with E-state index < -0.39 is 0 Å². The molecule has 0 aliphatic carbocycles. The van der Waals surface area contributed by atoms with Crippen LogP contribution in [0, 0.1) is 0 Å². The molecule has 0 radical (unpaired) electrons. The highest BCUT2D eigenvalue weighted by atomic mass is 16.5. The van der Waals surface area contributed by atoms with Gasteiger partial charge in [0.2, 0.25) is 5.91 Å². The molecule has 6 heteroatoms. The number of ether oxygens (including phenoxy) is 4. The van der Waals surface area contributed by atoms with Gasteiger partial charge in [0, 0.05) is 18.4 Å². The normalized spacial score (nSPS) is 10.6. The van der Waals surface area contributed by atoms with E-state index in [4.69, 9.17) is 18.9 Å². The fraction of sp³-hybridized carbons (Fsp3) is 0.286. The molecule has 2 rings (SSSR count). The average Bonchev–Trinajstić information content (AvgIpc) is 2.70. The fourth-order valence-corrected chi connectivity index (χ4v) is 2.31. The van der Waals surface area contributed by atoms with Gasteiger partial charge in [0.25, 0.3) is 0 Å². The Bertz CT molecular complexity index is 756. The van der Waals surface area contributed by atoms with Gasteiger partial charge in [-0.3, -0.25) is 4.79 Å². The second-order valence-electron chi connectivity index (χ2n) is 5.51. The second kappa shape index (κ2) is 10.9. The molecule has 0 atom stereocenters. The van der Waals surface area contributed by atoms with Crippen molar-refractivity contribution in [3.63, 3.8) is 0 Å². The smallest absolute Gasteiger partial charge is 0.248 e. The number of benzene rings is 2. The molecule has 2 aromatic rings. The maximum atomic E-state index is 12.1. The molecule has 144 valence electrons. The predicted octanol–water partition coefficient (Wildman–Crippen LogP) is 3.77. The van der Waals surface area contributed by atoms with E-state index in [1.54, 1.807) is 56.7 Å². The molecule has 0 saturated heterocycles. The van der Waals surface area contributed by atoms with E-state index in [-0.39, 0.29) is 5.91 Å². The fourth-order valence-electron chi connectivity index (χ4n) is 2.31. The highest BCUT2D eigenvalue weighted by Gasteiger charge is 2.04. The van der Waals surface area contributed by atoms with Crippen LogP contribution in [0.5, 0.6) is 17.2 Å². The number of hydrogen-bond acceptors (Lipinski definition) is 5. The Morgan fingerprint density at radius 3 is 2.41 bits per heavy atom. The van der Waals surface area contributed by atoms with E-state index in [1.807, 2.05) is 13.0 Å². The number of nitrogens with one attached hydrogen (secondary N) is 1. The summed E-state index contributed by atoms with van der Waals surface area (Å²) in [5.74, 6) is 1.76. The first-order chi connectivity index (χ1) is 13.2. The molecule has 0 aliphatic heterocycles. The molecule has 2 aromatic carbocycles. The van der Waals surface area contributed by atoms with Gasteiger partial charge in [0.1, 0.15) is 12.4 Å². The summed E-state index contributed by atoms with van der Waals surface area (Å²) in [6.45, 7) is 3.66. The lowest BCUT2D eigenvalue weighted by molar-refractivity contribution is -0.111. The molecule has 6 nitrogen and oxygen atoms in total. The predicted molar refractivity (Wildman–Crippen MR) is 106 cm³/mol. The van der Waals surface area contributed by atoms with Crippen molar-refractivity contribution < 1.29 is 23.7 Å². The third kappa shape index (κ3) is 6.67. The third-order valence-corrected chi connectivity index (χ3v) is 3.66. The number of carbonyl (C=O) groups is 1. The summed E-state index contributed by atoms with van der Waals surface area (Å²) >= 11 is 0. The Morgan fingerprint density at radius 2 is 1.74 bits per heavy atom. The van der Waals surface area contributed by atoms with Crippen LogP contribution in [0.3, 0.4) is 0 Å². The molecule has 0 bridgehead atoms. The van der Waals surface area contributed by atoms with Gasteiger partial charge in [0.15, 0.2) is 11.5 Å². The van der Waals surface area contributed by atoms with E-state index in [0.717, 1.165) is 11.3 Å². The molecule has 0 heterocycles. The SMILES string of the molecule is CCOCCOc1ccc(NC(=O)/C=C/c2ccc(OC)c(OC)c2)cc1. The number of amides is 1. The topological polar surface area (TPSA) is 66.0 Å². The van der Waals surface area contributed by atoms with E-state index in [0.29, 0.717) is 37.0 Å². The van der Waals surface area contributed by atoms with Crippen LogP contribution in [-0.2, 0) is 9.53 Å². The van der Waals surface area contributed by atoms with Crippen molar-refractivity contribution in [3.05, 3.63) is 54.1 Å². The van der Waals surface area contributed by atoms with Crippen LogP contribution in [0.1, 0.15) is 12.5 Å². The van der Waals surface area contributed by atoms with Crippen molar-refractivity contribution in [1.82, 2.24) is 0 Å². The second-order valence-corrected chi connectivity index (χ2v) is 5.51. The molecular weight excluding hydrogens is 346 g/mol. The van der Waals surface area contributed by atoms with Crippen LogP contribution in [0.25, 0.3) is 6.08 Å². The van der Waals surface area contributed by atoms with Crippen LogP contribution >= 0.6 is 0 Å². The largest absolute Gasteiger partial charge is 0.493 e. The molecule has 0 fully saturated rings. The summed E-state index contributed by atoms with van der Waals surface area (Å²) in [7, 11) is 3.15. The van der Waals surface area contributed by atoms with Crippen LogP contribution < -0.4 is 19.5 Å². The van der Waals surface area contributed by atoms with E-state index >= 15 is 0 Å². The van der Waals surface area contributed by atoms with Gasteiger partial charge < -0.3 is 24.3 Å². The van der Waals surface area contributed by atoms with E-state index in [9.17, 15) is 4.79 Å². The number of carbonyl (C=O) groups excluding carboxylic acids is 1. The quantitative estimate of drug-likeness (QED) is 0.509. The molecular formula is C21H25NO5. The standard InChI is InChI=1S/C21H25NO5/c1-4-26-13-14-27-18-9-7-17(8-10-18)22-21(23)12-6-16-5-11-19(24-2)20(15-16)25-3/h5-12,15H,4,13-14H2,1-3H3,(H,22,23)/b12-6+. The van der Waals surface area contributed by atoms with Gasteiger partial charge in [-0.1, -0.05) is 6.07 Å². The minimum atomic E-state index is -0.227. The number of hydrogen-bond donors (Lipinski definition) is 1. The average molecular weight is 371 g/mol. The molecule has 1 amide bonds. The maximum absolute atomic E-state index is 12.1. The molecule has 0 aliphatic rings. The molecule has 0 unspecified atom stereocenters. The van der Waals surface area contributed by atoms with Crippen molar-refractivity contribution >= 4 is 17.7 Å². The van der Waals surface area contributed by atoms with Crippen molar-refractivity contribution in [3.8, 4) is 17.2 Å². The number of methoxy groups -OCH3 is 2. The Kier molecular flexibility index (Phi) is 8.19. The van der Waals surface area contributed by atoms with Crippen LogP contribution in [-0.4, -0.2) is 39.9 Å². The highest BCUT2D eigenvalue weighted by molar-refractivity contribution is 6.01. The summed E-state index contributed by atoms with van der Waals surface area (Å²) in [5.41, 5.74) is 1.52. The lowest BCUT2D eigenvalue weighted by Gasteiger charge is -2.08. The zero-order valence-electron chi connectivity index (χ0n) is 15.9. The summed E-state index contributed by atoms with van der Waals surface area (Å²) < 4.78 is 21.2. The lowest BCUT2D eigenvalue weighted by Crippen LogP contribution is -2.08. The number of rotatable bonds is 10. The van der Waals surface area contributed by atoms with Gasteiger partial charge in [-0.05, 0) is 55.0 Å². The third-order valence-electron chi connectivity index (χ3n) is 3.66. The molecule has 27 heavy (non-hydrogen) atoms. The summed E-state index contributed by atoms with van der Waals surface area (Å²) in [6.07, 6.45) is 3.18. The van der Waals surface area contributed by atoms with Crippen molar-refractivity contribution in [2.75, 3.05) is 39.4 Å². The molecule has 0 aromatic heterocycles. The van der Waals surface area contributed by atoms with Crippen molar-refractivity contribution in [2.24, 2.45) is 0 Å². The highest BCUT2D eigenvalue weighted by Crippen LogP contribution is 2.28. The Morgan fingerprint density at radius 1 is 1.00 bits per heavy atom. The van der Waals surface area contributed by atoms with Crippen molar-refractivity contribution in [2.45, 2.75) is 6.92 Å². The zero-order valence-corrected chi connectivity index (χ0v) is 15.9. The first kappa shape index (κ1) is 20.3. The van der Waals surface area contributed by atoms with Crippen molar-refractivity contribution in [1.29, 1.82) is 0 Å². The van der Waals surface area contributed by atoms with E-state index in [1.165, 1.54) is 6.08 Å². The zero-order chi connectivity index (χ0) is 19.5. The Balaban J connectivity index is 1.88. The van der Waals surface area contributed by atoms with Crippen LogP contribution in [0.15, 0.2) is 48.5 Å². The van der Waals surface area contributed by atoms with Crippen LogP contribution in [0.2, 0.25) is 0 Å². The van der Waals surface area contributed by atoms with Gasteiger partial charge in [0.05, 0.1) is 20.8 Å². The van der Waals surface area contributed by atoms with Gasteiger partial charge in [-0.15, -0.1) is 0 Å². The first-order valence-corrected chi connectivity index (χ1v) is 8.68. The van der Waals surface area contributed by atoms with Gasteiger partial charge >= 0.3 is 0 Å².